The van der Waals surface area contributed by atoms with Gasteiger partial charge in [0.25, 0.3) is 5.88 Å². The summed E-state index contributed by atoms with van der Waals surface area (Å²) < 4.78 is 26.2. The van der Waals surface area contributed by atoms with E-state index < -0.39 is 60.1 Å². The predicted octanol–water partition coefficient (Wildman–Crippen LogP) is 10.1. The summed E-state index contributed by atoms with van der Waals surface area (Å²) in [7, 11) is 2.52. The highest BCUT2D eigenvalue weighted by Crippen LogP contribution is 2.59. The van der Waals surface area contributed by atoms with Crippen molar-refractivity contribution >= 4 is 64.1 Å². The lowest BCUT2D eigenvalue weighted by molar-refractivity contribution is -0.140. The number of ketones is 2. The second kappa shape index (κ2) is 14.5. The summed E-state index contributed by atoms with van der Waals surface area (Å²) >= 11 is 3.61. The molecular weight excluding hydrogens is 818 g/mol. The summed E-state index contributed by atoms with van der Waals surface area (Å²) in [5.74, 6) is -2.29. The molecule has 0 spiro atoms. The van der Waals surface area contributed by atoms with E-state index in [1.807, 2.05) is 108 Å². The number of hydrogen-bond donors (Lipinski definition) is 1. The number of rotatable bonds is 7. The fourth-order valence-corrected chi connectivity index (χ4v) is 10.7. The Hall–Kier alpha value is -4.30. The number of Topliss-reactive ketones (excluding diaryl/α,β-unsaturated/α-hetero) is 2. The van der Waals surface area contributed by atoms with Gasteiger partial charge < -0.3 is 23.5 Å². The highest BCUT2D eigenvalue weighted by molar-refractivity contribution is 9.10. The first-order valence-electron chi connectivity index (χ1n) is 19.8. The maximum atomic E-state index is 15.9. The average molecular weight is 873 g/mol. The lowest BCUT2D eigenvalue weighted by Crippen LogP contribution is -2.68. The summed E-state index contributed by atoms with van der Waals surface area (Å²) in [5, 5.41) is 18.2. The molecule has 0 aliphatic heterocycles. The Bertz CT molecular complexity index is 2370. The molecule has 1 aromatic heterocycles. The van der Waals surface area contributed by atoms with Crippen molar-refractivity contribution in [3.8, 4) is 5.88 Å². The van der Waals surface area contributed by atoms with E-state index in [0.717, 1.165) is 31.9 Å². The number of hydrogen-bond acceptors (Lipinski definition) is 10. The molecule has 11 nitrogen and oxygen atoms in total. The van der Waals surface area contributed by atoms with Crippen molar-refractivity contribution in [2.45, 2.75) is 103 Å². The molecule has 1 heterocycles. The Balaban J connectivity index is 1.47. The Morgan fingerprint density at radius 1 is 1.00 bits per heavy atom. The molecule has 0 unspecified atom stereocenters. The number of amides is 1. The van der Waals surface area contributed by atoms with E-state index in [1.165, 1.54) is 4.90 Å². The van der Waals surface area contributed by atoms with Gasteiger partial charge in [-0.3, -0.25) is 19.4 Å². The van der Waals surface area contributed by atoms with Gasteiger partial charge in [-0.25, -0.2) is 4.79 Å². The molecule has 308 valence electrons. The minimum atomic E-state index is -2.93. The summed E-state index contributed by atoms with van der Waals surface area (Å²) in [4.78, 5) is 48.7. The monoisotopic (exact) mass is 871 g/mol. The zero-order chi connectivity index (χ0) is 42.4. The SMILES string of the molecule is Cc1c2c(c(N(C)C(=O)OC(C)(C)C)c3ccc(Br)cc13)C[C@H]1C[C@H]3[C@H](N(C)C)c4onc(OCc5ccccc5)c4C(=O)[C@@]3(O[Si](C)(C)C(C)(C)C)C(=O)C1=C2O. The predicted molar refractivity (Wildman–Crippen MR) is 230 cm³/mol. The fraction of sp³-hybridized carbons (Fsp3) is 0.467. The highest BCUT2D eigenvalue weighted by Gasteiger charge is 2.69. The van der Waals surface area contributed by atoms with E-state index in [4.69, 9.17) is 18.4 Å². The van der Waals surface area contributed by atoms with Crippen LogP contribution < -0.4 is 9.64 Å². The third-order valence-corrected chi connectivity index (χ3v) is 17.4. The average Bonchev–Trinajstić information content (AvgIpc) is 3.54. The number of ether oxygens (including phenoxy) is 2. The summed E-state index contributed by atoms with van der Waals surface area (Å²) in [6, 6.07) is 14.7. The number of aryl methyl sites for hydroxylation is 1. The summed E-state index contributed by atoms with van der Waals surface area (Å²) in [5.41, 5.74) is 0.840. The first-order valence-corrected chi connectivity index (χ1v) is 23.5. The first-order chi connectivity index (χ1) is 27.0. The van der Waals surface area contributed by atoms with E-state index in [2.05, 4.69) is 41.9 Å². The normalized spacial score (nSPS) is 22.1. The van der Waals surface area contributed by atoms with E-state index in [-0.39, 0.29) is 29.4 Å². The number of halogens is 1. The van der Waals surface area contributed by atoms with Crippen LogP contribution in [0.15, 0.2) is 63.1 Å². The van der Waals surface area contributed by atoms with Crippen molar-refractivity contribution in [2.24, 2.45) is 11.8 Å². The quantitative estimate of drug-likeness (QED) is 0.141. The fourth-order valence-electron chi connectivity index (χ4n) is 8.84. The van der Waals surface area contributed by atoms with Crippen LogP contribution in [0.5, 0.6) is 5.88 Å². The van der Waals surface area contributed by atoms with Gasteiger partial charge in [0.05, 0.1) is 11.7 Å². The molecule has 0 radical (unpaired) electrons. The van der Waals surface area contributed by atoms with Crippen LogP contribution in [0.1, 0.15) is 92.4 Å². The van der Waals surface area contributed by atoms with E-state index in [1.54, 1.807) is 7.05 Å². The molecule has 3 aliphatic carbocycles. The number of aliphatic hydroxyl groups is 1. The van der Waals surface area contributed by atoms with Gasteiger partial charge >= 0.3 is 6.09 Å². The molecule has 1 amide bonds. The minimum absolute atomic E-state index is 0.00260. The number of aromatic nitrogens is 1. The van der Waals surface area contributed by atoms with E-state index in [0.29, 0.717) is 29.9 Å². The Kier molecular flexibility index (Phi) is 10.4. The van der Waals surface area contributed by atoms with Gasteiger partial charge in [-0.05, 0) is 118 Å². The van der Waals surface area contributed by atoms with E-state index in [9.17, 15) is 9.90 Å². The number of carbonyl (C=O) groups excluding carboxylic acids is 3. The van der Waals surface area contributed by atoms with Gasteiger partial charge in [-0.1, -0.05) is 73.1 Å². The van der Waals surface area contributed by atoms with Crippen LogP contribution in [0, 0.1) is 18.8 Å². The van der Waals surface area contributed by atoms with Crippen LogP contribution >= 0.6 is 15.9 Å². The zero-order valence-corrected chi connectivity index (χ0v) is 38.1. The van der Waals surface area contributed by atoms with E-state index >= 15 is 9.59 Å². The number of carbonyl (C=O) groups is 3. The third-order valence-electron chi connectivity index (χ3n) is 12.5. The van der Waals surface area contributed by atoms with Gasteiger partial charge in [-0.15, -0.1) is 0 Å². The minimum Gasteiger partial charge on any atom is -0.507 e. The molecule has 13 heteroatoms. The van der Waals surface area contributed by atoms with Crippen LogP contribution in [0.3, 0.4) is 0 Å². The van der Waals surface area contributed by atoms with Crippen LogP contribution in [0.2, 0.25) is 18.1 Å². The third kappa shape index (κ3) is 6.71. The second-order valence-electron chi connectivity index (χ2n) is 18.7. The second-order valence-corrected chi connectivity index (χ2v) is 24.4. The molecule has 7 rings (SSSR count). The number of fused-ring (bicyclic) bond motifs is 5. The largest absolute Gasteiger partial charge is 0.507 e. The van der Waals surface area contributed by atoms with Gasteiger partial charge in [0.1, 0.15) is 23.5 Å². The smallest absolute Gasteiger partial charge is 0.414 e. The lowest BCUT2D eigenvalue weighted by atomic mass is 9.57. The highest BCUT2D eigenvalue weighted by atomic mass is 79.9. The van der Waals surface area contributed by atoms with Gasteiger partial charge in [0, 0.05) is 34.0 Å². The molecule has 4 aromatic rings. The molecule has 0 bridgehead atoms. The summed E-state index contributed by atoms with van der Waals surface area (Å²) in [6.45, 7) is 17.8. The maximum Gasteiger partial charge on any atom is 0.414 e. The maximum absolute atomic E-state index is 15.9. The number of anilines is 1. The molecular formula is C45H54BrN3O8Si. The molecule has 3 aromatic carbocycles. The van der Waals surface area contributed by atoms with Crippen molar-refractivity contribution in [2.75, 3.05) is 26.0 Å². The number of aliphatic hydroxyl groups excluding tert-OH is 1. The topological polar surface area (TPSA) is 132 Å². The van der Waals surface area contributed by atoms with Crippen molar-refractivity contribution in [3.05, 3.63) is 92.2 Å². The lowest BCUT2D eigenvalue weighted by Gasteiger charge is -2.55. The first kappa shape index (κ1) is 41.8. The molecule has 3 aliphatic rings. The summed E-state index contributed by atoms with van der Waals surface area (Å²) in [6.07, 6.45) is 0.0549. The van der Waals surface area contributed by atoms with Gasteiger partial charge in [0.2, 0.25) is 11.6 Å². The van der Waals surface area contributed by atoms with Crippen molar-refractivity contribution in [1.29, 1.82) is 0 Å². The molecule has 4 atom stereocenters. The zero-order valence-electron chi connectivity index (χ0n) is 35.5. The molecule has 1 saturated carbocycles. The molecule has 0 saturated heterocycles. The van der Waals surface area contributed by atoms with Crippen molar-refractivity contribution < 1.29 is 37.9 Å². The number of benzene rings is 3. The van der Waals surface area contributed by atoms with Crippen LogP contribution in [0.25, 0.3) is 16.5 Å². The van der Waals surface area contributed by atoms with Gasteiger partial charge in [0.15, 0.2) is 19.7 Å². The van der Waals surface area contributed by atoms with Crippen LogP contribution in [-0.2, 0) is 27.0 Å². The Morgan fingerprint density at radius 3 is 2.29 bits per heavy atom. The van der Waals surface area contributed by atoms with Crippen LogP contribution in [0.4, 0.5) is 10.5 Å². The van der Waals surface area contributed by atoms with Crippen LogP contribution in [-0.4, -0.2) is 73.5 Å². The number of nitrogens with zero attached hydrogens (tertiary/aromatic N) is 3. The van der Waals surface area contributed by atoms with Crippen molar-refractivity contribution in [3.63, 3.8) is 0 Å². The van der Waals surface area contributed by atoms with Crippen molar-refractivity contribution in [1.82, 2.24) is 10.1 Å². The Morgan fingerprint density at radius 2 is 1.67 bits per heavy atom. The Labute approximate surface area is 349 Å². The molecule has 1 fully saturated rings. The molecule has 58 heavy (non-hydrogen) atoms. The van der Waals surface area contributed by atoms with Gasteiger partial charge in [-0.2, -0.15) is 0 Å². The standard InChI is InChI=1S/C45H54BrN3O8Si/c1-24-29-22-27(46)18-19-28(29)35(49(10)42(53)55-43(2,3)4)30-20-26-21-31-36(48(8)9)38-34(41(47-56-38)54-23-25-16-14-13-15-17-25)40(52)45(31,57-58(11,12)44(5,6)7)39(51)33(26)37(50)32(24)30/h13-19,22,26,31,36,50H,20-21,23H2,1-12H3/t26-,31-,36-,45-/m0/s1. The molecule has 1 N–H and O–H groups in total.